The van der Waals surface area contributed by atoms with Gasteiger partial charge in [0.15, 0.2) is 0 Å². The predicted octanol–water partition coefficient (Wildman–Crippen LogP) is 3.78. The van der Waals surface area contributed by atoms with E-state index in [1.165, 1.54) is 0 Å². The van der Waals surface area contributed by atoms with Gasteiger partial charge in [-0.05, 0) is 36.4 Å². The zero-order valence-electron chi connectivity index (χ0n) is 13.1. The van der Waals surface area contributed by atoms with Crippen molar-refractivity contribution < 1.29 is 41.0 Å². The Kier molecular flexibility index (Phi) is 5.07. The number of amides is 2. The number of anilines is 1. The summed E-state index contributed by atoms with van der Waals surface area (Å²) in [7, 11) is 0. The van der Waals surface area contributed by atoms with Gasteiger partial charge in [0.25, 0.3) is 11.8 Å². The molecule has 2 aromatic rings. The Balaban J connectivity index is 2.43. The number of benzene rings is 2. The third kappa shape index (κ3) is 4.68. The molecule has 0 atom stereocenters. The van der Waals surface area contributed by atoms with Crippen molar-refractivity contribution in [2.24, 2.45) is 5.73 Å². The van der Waals surface area contributed by atoms with E-state index < -0.39 is 52.3 Å². The van der Waals surface area contributed by atoms with Crippen molar-refractivity contribution in [3.8, 4) is 5.75 Å². The summed E-state index contributed by atoms with van der Waals surface area (Å²) in [6, 6.07) is 3.38. The van der Waals surface area contributed by atoms with Crippen molar-refractivity contribution in [3.63, 3.8) is 0 Å². The molecule has 5 nitrogen and oxygen atoms in total. The Morgan fingerprint density at radius 2 is 1.41 bits per heavy atom. The van der Waals surface area contributed by atoms with Gasteiger partial charge in [-0.3, -0.25) is 9.59 Å². The van der Waals surface area contributed by atoms with E-state index in [2.05, 4.69) is 0 Å². The first kappa shape index (κ1) is 20.1. The minimum Gasteiger partial charge on any atom is -0.507 e. The zero-order chi connectivity index (χ0) is 20.6. The van der Waals surface area contributed by atoms with Crippen LogP contribution in [0.25, 0.3) is 0 Å². The second-order valence-electron chi connectivity index (χ2n) is 5.34. The molecule has 4 N–H and O–H groups in total. The van der Waals surface area contributed by atoms with E-state index in [0.29, 0.717) is 12.1 Å². The summed E-state index contributed by atoms with van der Waals surface area (Å²) in [5.74, 6) is -2.73. The van der Waals surface area contributed by atoms with Crippen molar-refractivity contribution >= 4 is 17.5 Å². The highest BCUT2D eigenvalue weighted by molar-refractivity contribution is 6.06. The number of nitrogens with two attached hydrogens (primary N) is 1. The van der Waals surface area contributed by atoms with Gasteiger partial charge in [0.1, 0.15) is 5.75 Å². The highest BCUT2D eigenvalue weighted by Gasteiger charge is 2.37. The second-order valence-corrected chi connectivity index (χ2v) is 5.34. The zero-order valence-corrected chi connectivity index (χ0v) is 13.1. The monoisotopic (exact) mass is 392 g/mol. The van der Waals surface area contributed by atoms with E-state index in [9.17, 15) is 41.0 Å². The van der Waals surface area contributed by atoms with Crippen LogP contribution >= 0.6 is 0 Å². The Morgan fingerprint density at radius 1 is 0.889 bits per heavy atom. The molecule has 0 saturated carbocycles. The number of hydrogen-bond donors (Lipinski definition) is 3. The molecule has 0 unspecified atom stereocenters. The number of nitrogens with one attached hydrogen (secondary N) is 1. The van der Waals surface area contributed by atoms with Crippen LogP contribution in [0.2, 0.25) is 0 Å². The third-order valence-corrected chi connectivity index (χ3v) is 3.37. The number of rotatable bonds is 3. The lowest BCUT2D eigenvalue weighted by atomic mass is 10.1. The summed E-state index contributed by atoms with van der Waals surface area (Å²) in [4.78, 5) is 23.3. The van der Waals surface area contributed by atoms with E-state index in [1.54, 1.807) is 0 Å². The average molecular weight is 392 g/mol. The molecule has 0 spiro atoms. The summed E-state index contributed by atoms with van der Waals surface area (Å²) >= 11 is 0. The fraction of sp³-hybridized carbons (Fsp3) is 0.125. The Morgan fingerprint density at radius 3 is 1.85 bits per heavy atom. The molecule has 0 aliphatic heterocycles. The number of hydrogen-bond acceptors (Lipinski definition) is 3. The first-order valence-electron chi connectivity index (χ1n) is 7.02. The van der Waals surface area contributed by atoms with Gasteiger partial charge >= 0.3 is 12.4 Å². The summed E-state index contributed by atoms with van der Waals surface area (Å²) in [5.41, 5.74) is 0.281. The van der Waals surface area contributed by atoms with Crippen LogP contribution in [0.15, 0.2) is 36.4 Å². The van der Waals surface area contributed by atoms with Crippen LogP contribution < -0.4 is 11.1 Å². The number of alkyl halides is 6. The topological polar surface area (TPSA) is 92.4 Å². The van der Waals surface area contributed by atoms with E-state index >= 15 is 0 Å². The molecule has 144 valence electrons. The molecule has 0 radical (unpaired) electrons. The summed E-state index contributed by atoms with van der Waals surface area (Å²) in [6.07, 6.45) is -10.1. The summed E-state index contributed by atoms with van der Waals surface area (Å²) in [5, 5.41) is 11.3. The van der Waals surface area contributed by atoms with Crippen LogP contribution in [0.1, 0.15) is 31.8 Å². The van der Waals surface area contributed by atoms with Crippen molar-refractivity contribution in [1.82, 2.24) is 0 Å². The van der Waals surface area contributed by atoms with Crippen LogP contribution in [-0.4, -0.2) is 16.9 Å². The lowest BCUT2D eigenvalue weighted by Gasteiger charge is -2.15. The van der Waals surface area contributed by atoms with Crippen LogP contribution in [-0.2, 0) is 12.4 Å². The number of aromatic hydroxyl groups is 1. The molecule has 0 aliphatic rings. The predicted molar refractivity (Wildman–Crippen MR) is 81.0 cm³/mol. The lowest BCUT2D eigenvalue weighted by molar-refractivity contribution is -0.143. The number of halogens is 6. The maximum atomic E-state index is 12.8. The van der Waals surface area contributed by atoms with Crippen LogP contribution in [0.3, 0.4) is 0 Å². The van der Waals surface area contributed by atoms with E-state index in [0.717, 1.165) is 18.2 Å². The van der Waals surface area contributed by atoms with E-state index in [1.807, 2.05) is 5.32 Å². The fourth-order valence-corrected chi connectivity index (χ4v) is 2.10. The number of carbonyl (C=O) groups excluding carboxylic acids is 2. The van der Waals surface area contributed by atoms with Gasteiger partial charge in [-0.2, -0.15) is 26.3 Å². The molecule has 0 aliphatic carbocycles. The Labute approximate surface area is 147 Å². The van der Waals surface area contributed by atoms with Crippen molar-refractivity contribution in [2.45, 2.75) is 12.4 Å². The lowest BCUT2D eigenvalue weighted by Crippen LogP contribution is -2.17. The van der Waals surface area contributed by atoms with Gasteiger partial charge in [0.05, 0.1) is 16.7 Å². The number of phenols is 1. The average Bonchev–Trinajstić information content (AvgIpc) is 2.53. The number of primary amides is 1. The minimum absolute atomic E-state index is 0.0819. The molecule has 0 fully saturated rings. The molecule has 0 aromatic heterocycles. The Hall–Kier alpha value is -3.24. The van der Waals surface area contributed by atoms with Crippen LogP contribution in [0.4, 0.5) is 32.0 Å². The van der Waals surface area contributed by atoms with Crippen molar-refractivity contribution in [2.75, 3.05) is 5.32 Å². The van der Waals surface area contributed by atoms with Gasteiger partial charge in [-0.25, -0.2) is 0 Å². The largest absolute Gasteiger partial charge is 0.507 e. The van der Waals surface area contributed by atoms with Gasteiger partial charge < -0.3 is 16.2 Å². The molecule has 27 heavy (non-hydrogen) atoms. The van der Waals surface area contributed by atoms with Gasteiger partial charge in [0.2, 0.25) is 0 Å². The standard InChI is InChI=1S/C16H10F6N2O3/c17-15(18,19)8-4-9(16(20,21)22)6-10(5-8)24-14(27)7-1-2-12(25)11(3-7)13(23)26/h1-6,25H,(H2,23,26)(H,24,27). The van der Waals surface area contributed by atoms with Gasteiger partial charge in [0, 0.05) is 11.3 Å². The molecule has 2 amide bonds. The molecular weight excluding hydrogens is 382 g/mol. The molecule has 0 heterocycles. The number of carbonyl (C=O) groups is 2. The summed E-state index contributed by atoms with van der Waals surface area (Å²) < 4.78 is 76.9. The molecule has 0 saturated heterocycles. The summed E-state index contributed by atoms with van der Waals surface area (Å²) in [6.45, 7) is 0. The maximum absolute atomic E-state index is 12.8. The van der Waals surface area contributed by atoms with Crippen molar-refractivity contribution in [3.05, 3.63) is 58.7 Å². The van der Waals surface area contributed by atoms with Gasteiger partial charge in [-0.1, -0.05) is 0 Å². The third-order valence-electron chi connectivity index (χ3n) is 3.37. The molecular formula is C16H10F6N2O3. The first-order valence-corrected chi connectivity index (χ1v) is 7.02. The van der Waals surface area contributed by atoms with Crippen LogP contribution in [0.5, 0.6) is 5.75 Å². The Bertz CT molecular complexity index is 874. The molecule has 11 heteroatoms. The first-order chi connectivity index (χ1) is 12.3. The highest BCUT2D eigenvalue weighted by Crippen LogP contribution is 2.37. The van der Waals surface area contributed by atoms with E-state index in [4.69, 9.17) is 5.73 Å². The molecule has 2 rings (SSSR count). The highest BCUT2D eigenvalue weighted by atomic mass is 19.4. The normalized spacial score (nSPS) is 11.9. The smallest absolute Gasteiger partial charge is 0.416 e. The SMILES string of the molecule is NC(=O)c1cc(C(=O)Nc2cc(C(F)(F)F)cc(C(F)(F)F)c2)ccc1O. The second kappa shape index (κ2) is 6.82. The van der Waals surface area contributed by atoms with Gasteiger partial charge in [-0.15, -0.1) is 0 Å². The molecule has 0 bridgehead atoms. The van der Waals surface area contributed by atoms with E-state index in [-0.39, 0.29) is 11.6 Å². The van der Waals surface area contributed by atoms with Crippen molar-refractivity contribution in [1.29, 1.82) is 0 Å². The maximum Gasteiger partial charge on any atom is 0.416 e. The molecule has 2 aromatic carbocycles. The quantitative estimate of drug-likeness (QED) is 0.694. The van der Waals surface area contributed by atoms with Crippen LogP contribution in [0, 0.1) is 0 Å². The fourth-order valence-electron chi connectivity index (χ4n) is 2.10. The minimum atomic E-state index is -5.07.